The monoisotopic (exact) mass is 250 g/mol. The molecule has 0 amide bonds. The van der Waals surface area contributed by atoms with Crippen molar-refractivity contribution in [3.8, 4) is 11.5 Å². The van der Waals surface area contributed by atoms with Crippen LogP contribution in [0.1, 0.15) is 25.0 Å². The van der Waals surface area contributed by atoms with Gasteiger partial charge in [0.05, 0.1) is 13.0 Å². The molecule has 0 aliphatic carbocycles. The molecule has 0 aromatic heterocycles. The molecule has 4 heteroatoms. The molecule has 1 aromatic carbocycles. The first-order valence-corrected chi connectivity index (χ1v) is 6.10. The normalized spacial score (nSPS) is 18.9. The first-order valence-electron chi connectivity index (χ1n) is 6.10. The highest BCUT2D eigenvalue weighted by molar-refractivity contribution is 5.70. The molecule has 2 atom stereocenters. The number of hydrogen-bond acceptors (Lipinski definition) is 3. The van der Waals surface area contributed by atoms with Crippen LogP contribution in [0.5, 0.6) is 11.5 Å². The summed E-state index contributed by atoms with van der Waals surface area (Å²) < 4.78 is 11.0. The Kier molecular flexibility index (Phi) is 3.45. The Hall–Kier alpha value is -1.71. The van der Waals surface area contributed by atoms with Gasteiger partial charge in [-0.1, -0.05) is 6.92 Å². The maximum Gasteiger partial charge on any atom is 0.306 e. The predicted octanol–water partition coefficient (Wildman–Crippen LogP) is 2.28. The van der Waals surface area contributed by atoms with Crippen LogP contribution in [0.4, 0.5) is 0 Å². The van der Waals surface area contributed by atoms with Crippen LogP contribution < -0.4 is 9.47 Å². The molecule has 1 aliphatic rings. The minimum atomic E-state index is -0.799. The van der Waals surface area contributed by atoms with E-state index in [1.54, 1.807) is 14.0 Å². The highest BCUT2D eigenvalue weighted by atomic mass is 16.5. The lowest BCUT2D eigenvalue weighted by Crippen LogP contribution is -2.13. The maximum atomic E-state index is 10.9. The third-order valence-electron chi connectivity index (χ3n) is 3.25. The van der Waals surface area contributed by atoms with Crippen LogP contribution >= 0.6 is 0 Å². The zero-order valence-electron chi connectivity index (χ0n) is 10.9. The van der Waals surface area contributed by atoms with Crippen LogP contribution in [-0.4, -0.2) is 24.3 Å². The second kappa shape index (κ2) is 4.88. The van der Waals surface area contributed by atoms with Crippen molar-refractivity contribution in [1.29, 1.82) is 0 Å². The van der Waals surface area contributed by atoms with Gasteiger partial charge < -0.3 is 14.6 Å². The molecule has 0 spiro atoms. The van der Waals surface area contributed by atoms with Crippen LogP contribution in [0.2, 0.25) is 0 Å². The lowest BCUT2D eigenvalue weighted by molar-refractivity contribution is -0.141. The van der Waals surface area contributed by atoms with Crippen molar-refractivity contribution in [3.63, 3.8) is 0 Å². The molecular weight excluding hydrogens is 232 g/mol. The summed E-state index contributed by atoms with van der Waals surface area (Å²) in [7, 11) is 1.61. The Balaban J connectivity index is 2.30. The molecule has 0 fully saturated rings. The largest absolute Gasteiger partial charge is 0.496 e. The van der Waals surface area contributed by atoms with E-state index in [4.69, 9.17) is 14.6 Å². The van der Waals surface area contributed by atoms with Gasteiger partial charge in [0.2, 0.25) is 0 Å². The molecule has 1 heterocycles. The van der Waals surface area contributed by atoms with Gasteiger partial charge in [-0.3, -0.25) is 4.79 Å². The number of rotatable bonds is 4. The van der Waals surface area contributed by atoms with Crippen LogP contribution in [0.3, 0.4) is 0 Å². The molecule has 2 unspecified atom stereocenters. The Morgan fingerprint density at radius 2 is 2.33 bits per heavy atom. The van der Waals surface area contributed by atoms with Crippen LogP contribution in [0.25, 0.3) is 0 Å². The highest BCUT2D eigenvalue weighted by Gasteiger charge is 2.23. The summed E-state index contributed by atoms with van der Waals surface area (Å²) >= 11 is 0. The minimum Gasteiger partial charge on any atom is -0.496 e. The summed E-state index contributed by atoms with van der Waals surface area (Å²) in [5.74, 6) is 0.373. The van der Waals surface area contributed by atoms with Crippen molar-refractivity contribution < 1.29 is 19.4 Å². The van der Waals surface area contributed by atoms with Gasteiger partial charge in [-0.2, -0.15) is 0 Å². The molecule has 4 nitrogen and oxygen atoms in total. The molecule has 18 heavy (non-hydrogen) atoms. The lowest BCUT2D eigenvalue weighted by Gasteiger charge is -2.13. The summed E-state index contributed by atoms with van der Waals surface area (Å²) in [5, 5.41) is 8.97. The number of aliphatic carboxylic acids is 1. The third-order valence-corrected chi connectivity index (χ3v) is 3.25. The summed E-state index contributed by atoms with van der Waals surface area (Å²) in [5.41, 5.74) is 2.02. The predicted molar refractivity (Wildman–Crippen MR) is 67.3 cm³/mol. The van der Waals surface area contributed by atoms with E-state index in [9.17, 15) is 4.79 Å². The van der Waals surface area contributed by atoms with Gasteiger partial charge in [-0.15, -0.1) is 0 Å². The second-order valence-electron chi connectivity index (χ2n) is 4.85. The van der Waals surface area contributed by atoms with Gasteiger partial charge >= 0.3 is 5.97 Å². The number of carboxylic acids is 1. The molecule has 0 radical (unpaired) electrons. The summed E-state index contributed by atoms with van der Waals surface area (Å²) in [6.07, 6.45) is 1.50. The average molecular weight is 250 g/mol. The Morgan fingerprint density at radius 3 is 2.94 bits per heavy atom. The molecule has 1 N–H and O–H groups in total. The van der Waals surface area contributed by atoms with Crippen molar-refractivity contribution in [3.05, 3.63) is 23.3 Å². The fourth-order valence-corrected chi connectivity index (χ4v) is 2.25. The Labute approximate surface area is 107 Å². The van der Waals surface area contributed by atoms with E-state index in [1.165, 1.54) is 0 Å². The number of hydrogen-bond donors (Lipinski definition) is 1. The standard InChI is InChI=1S/C14H18O4/c1-8(14(15)16)4-10-7-13-11(5-9(2)18-13)6-12(10)17-3/h6-9H,4-5H2,1-3H3,(H,15,16). The molecule has 0 saturated heterocycles. The van der Waals surface area contributed by atoms with Crippen LogP contribution in [0.15, 0.2) is 12.1 Å². The number of fused-ring (bicyclic) bond motifs is 1. The SMILES string of the molecule is COc1cc2c(cc1CC(C)C(=O)O)OC(C)C2. The van der Waals surface area contributed by atoms with E-state index >= 15 is 0 Å². The average Bonchev–Trinajstić information content (AvgIpc) is 2.66. The number of ether oxygens (including phenoxy) is 2. The second-order valence-corrected chi connectivity index (χ2v) is 4.85. The van der Waals surface area contributed by atoms with E-state index in [2.05, 4.69) is 0 Å². The fourth-order valence-electron chi connectivity index (χ4n) is 2.25. The molecule has 0 saturated carbocycles. The molecule has 1 aliphatic heterocycles. The van der Waals surface area contributed by atoms with E-state index in [0.717, 1.165) is 29.0 Å². The third kappa shape index (κ3) is 2.42. The van der Waals surface area contributed by atoms with Gasteiger partial charge in [0.1, 0.15) is 17.6 Å². The molecule has 2 rings (SSSR count). The minimum absolute atomic E-state index is 0.178. The number of carbonyl (C=O) groups is 1. The zero-order valence-corrected chi connectivity index (χ0v) is 10.9. The topological polar surface area (TPSA) is 55.8 Å². The summed E-state index contributed by atoms with van der Waals surface area (Å²) in [6, 6.07) is 3.87. The van der Waals surface area contributed by atoms with Gasteiger partial charge in [0.15, 0.2) is 0 Å². The van der Waals surface area contributed by atoms with Crippen molar-refractivity contribution in [1.82, 2.24) is 0 Å². The quantitative estimate of drug-likeness (QED) is 0.890. The van der Waals surface area contributed by atoms with Crippen LogP contribution in [-0.2, 0) is 17.6 Å². The van der Waals surface area contributed by atoms with Crippen LogP contribution in [0, 0.1) is 5.92 Å². The molecule has 98 valence electrons. The van der Waals surface area contributed by atoms with Gasteiger partial charge in [0, 0.05) is 12.0 Å². The van der Waals surface area contributed by atoms with Crippen molar-refractivity contribution in [2.24, 2.45) is 5.92 Å². The number of carboxylic acid groups (broad SMARTS) is 1. The molecule has 1 aromatic rings. The smallest absolute Gasteiger partial charge is 0.306 e. The zero-order chi connectivity index (χ0) is 13.3. The number of methoxy groups -OCH3 is 1. The van der Waals surface area contributed by atoms with E-state index in [1.807, 2.05) is 19.1 Å². The lowest BCUT2D eigenvalue weighted by atomic mass is 9.98. The molecular formula is C14H18O4. The first kappa shape index (κ1) is 12.7. The van der Waals surface area contributed by atoms with Gasteiger partial charge in [-0.05, 0) is 31.0 Å². The first-order chi connectivity index (χ1) is 8.51. The van der Waals surface area contributed by atoms with Crippen molar-refractivity contribution >= 4 is 5.97 Å². The fraction of sp³-hybridized carbons (Fsp3) is 0.500. The summed E-state index contributed by atoms with van der Waals surface area (Å²) in [4.78, 5) is 10.9. The van der Waals surface area contributed by atoms with Crippen molar-refractivity contribution in [2.75, 3.05) is 7.11 Å². The Bertz CT molecular complexity index is 467. The van der Waals surface area contributed by atoms with Gasteiger partial charge in [0.25, 0.3) is 0 Å². The van der Waals surface area contributed by atoms with Crippen molar-refractivity contribution in [2.45, 2.75) is 32.8 Å². The molecule has 0 bridgehead atoms. The maximum absolute atomic E-state index is 10.9. The number of benzene rings is 1. The van der Waals surface area contributed by atoms with E-state index in [0.29, 0.717) is 6.42 Å². The van der Waals surface area contributed by atoms with E-state index < -0.39 is 11.9 Å². The highest BCUT2D eigenvalue weighted by Crippen LogP contribution is 2.35. The Morgan fingerprint density at radius 1 is 1.61 bits per heavy atom. The van der Waals surface area contributed by atoms with E-state index in [-0.39, 0.29) is 6.10 Å². The van der Waals surface area contributed by atoms with Gasteiger partial charge in [-0.25, -0.2) is 0 Å². The summed E-state index contributed by atoms with van der Waals surface area (Å²) in [6.45, 7) is 3.71.